The van der Waals surface area contributed by atoms with Crippen LogP contribution in [0.1, 0.15) is 194 Å². The molecule has 3 nitrogen and oxygen atoms in total. The Morgan fingerprint density at radius 3 is 1.16 bits per heavy atom. The largest absolute Gasteiger partial charge is 0.379 e. The number of hydrogen-bond acceptors (Lipinski definition) is 3. The van der Waals surface area contributed by atoms with Gasteiger partial charge in [-0.05, 0) is 78.3 Å². The highest BCUT2D eigenvalue weighted by Crippen LogP contribution is 2.12. The molecule has 0 aromatic carbocycles. The number of ether oxygens (including phenoxy) is 2. The normalized spacial score (nSPS) is 12.8. The molecule has 0 aliphatic carbocycles. The first-order valence-corrected chi connectivity index (χ1v) is 19.8. The van der Waals surface area contributed by atoms with Crippen molar-refractivity contribution in [3.63, 3.8) is 0 Å². The molecule has 0 saturated heterocycles. The molecule has 0 N–H and O–H groups in total. The average Bonchev–Trinajstić information content (AvgIpc) is 3.01. The van der Waals surface area contributed by atoms with Crippen LogP contribution in [0.3, 0.4) is 0 Å². The van der Waals surface area contributed by atoms with E-state index in [1.54, 1.807) is 0 Å². The molecule has 262 valence electrons. The Morgan fingerprint density at radius 1 is 0.432 bits per heavy atom. The zero-order valence-electron chi connectivity index (χ0n) is 30.8. The van der Waals surface area contributed by atoms with E-state index in [9.17, 15) is 0 Å². The van der Waals surface area contributed by atoms with Crippen molar-refractivity contribution in [1.29, 1.82) is 0 Å². The Labute approximate surface area is 278 Å². The van der Waals surface area contributed by atoms with Gasteiger partial charge in [0.15, 0.2) is 0 Å². The van der Waals surface area contributed by atoms with Crippen molar-refractivity contribution in [2.45, 2.75) is 200 Å². The molecule has 0 aliphatic heterocycles. The minimum Gasteiger partial charge on any atom is -0.379 e. The lowest BCUT2D eigenvalue weighted by Gasteiger charge is -2.21. The lowest BCUT2D eigenvalue weighted by Crippen LogP contribution is -2.32. The molecule has 0 heterocycles. The van der Waals surface area contributed by atoms with Gasteiger partial charge in [-0.1, -0.05) is 154 Å². The van der Waals surface area contributed by atoms with Crippen LogP contribution < -0.4 is 0 Å². The van der Waals surface area contributed by atoms with Crippen molar-refractivity contribution < 1.29 is 9.47 Å². The van der Waals surface area contributed by atoms with Gasteiger partial charge in [-0.2, -0.15) is 0 Å². The number of hydrogen-bond donors (Lipinski definition) is 0. The average molecular weight is 620 g/mol. The van der Waals surface area contributed by atoms with Crippen molar-refractivity contribution in [3.05, 3.63) is 24.3 Å². The Kier molecular flexibility index (Phi) is 38.0. The summed E-state index contributed by atoms with van der Waals surface area (Å²) < 4.78 is 12.3. The maximum atomic E-state index is 6.22. The van der Waals surface area contributed by atoms with Crippen LogP contribution in [0, 0.1) is 0 Å². The quantitative estimate of drug-likeness (QED) is 0.0510. The van der Waals surface area contributed by atoms with Gasteiger partial charge in [0.05, 0.1) is 12.7 Å². The van der Waals surface area contributed by atoms with E-state index < -0.39 is 0 Å². The maximum Gasteiger partial charge on any atom is 0.0934 e. The van der Waals surface area contributed by atoms with Crippen LogP contribution in [0.2, 0.25) is 0 Å². The van der Waals surface area contributed by atoms with E-state index in [1.165, 1.54) is 180 Å². The smallest absolute Gasteiger partial charge is 0.0934 e. The molecule has 0 aliphatic rings. The fourth-order valence-electron chi connectivity index (χ4n) is 5.83. The van der Waals surface area contributed by atoms with Gasteiger partial charge in [0.1, 0.15) is 0 Å². The van der Waals surface area contributed by atoms with E-state index in [4.69, 9.17) is 9.47 Å². The second-order valence-electron chi connectivity index (χ2n) is 13.7. The first-order chi connectivity index (χ1) is 21.7. The monoisotopic (exact) mass is 620 g/mol. The highest BCUT2D eigenvalue weighted by molar-refractivity contribution is 4.82. The Morgan fingerprint density at radius 2 is 0.773 bits per heavy atom. The Bertz CT molecular complexity index is 573. The van der Waals surface area contributed by atoms with Crippen LogP contribution in [-0.4, -0.2) is 51.5 Å². The van der Waals surface area contributed by atoms with Crippen LogP contribution in [0.5, 0.6) is 0 Å². The molecule has 0 amide bonds. The van der Waals surface area contributed by atoms with Gasteiger partial charge in [-0.15, -0.1) is 0 Å². The third-order valence-electron chi connectivity index (χ3n) is 8.68. The highest BCUT2D eigenvalue weighted by atomic mass is 16.5. The molecular formula is C41H81NO2. The molecule has 0 aromatic rings. The van der Waals surface area contributed by atoms with Crippen LogP contribution >= 0.6 is 0 Å². The van der Waals surface area contributed by atoms with Gasteiger partial charge < -0.3 is 14.4 Å². The summed E-state index contributed by atoms with van der Waals surface area (Å²) in [5, 5.41) is 0. The van der Waals surface area contributed by atoms with E-state index in [2.05, 4.69) is 57.1 Å². The first-order valence-electron chi connectivity index (χ1n) is 19.8. The molecule has 0 spiro atoms. The zero-order valence-corrected chi connectivity index (χ0v) is 30.8. The van der Waals surface area contributed by atoms with Crippen molar-refractivity contribution in [2.24, 2.45) is 0 Å². The summed E-state index contributed by atoms with van der Waals surface area (Å²) in [6, 6.07) is 0. The molecule has 0 bridgehead atoms. The summed E-state index contributed by atoms with van der Waals surface area (Å²) in [5.74, 6) is 0. The van der Waals surface area contributed by atoms with Crippen molar-refractivity contribution in [1.82, 2.24) is 4.90 Å². The van der Waals surface area contributed by atoms with Gasteiger partial charge in [0, 0.05) is 19.8 Å². The predicted octanol–water partition coefficient (Wildman–Crippen LogP) is 13.0. The minimum atomic E-state index is 0.197. The molecule has 0 unspecified atom stereocenters. The highest BCUT2D eigenvalue weighted by Gasteiger charge is 2.10. The van der Waals surface area contributed by atoms with Crippen molar-refractivity contribution in [3.8, 4) is 0 Å². The van der Waals surface area contributed by atoms with E-state index in [0.29, 0.717) is 0 Å². The molecule has 0 aromatic heterocycles. The van der Waals surface area contributed by atoms with E-state index >= 15 is 0 Å². The van der Waals surface area contributed by atoms with Crippen molar-refractivity contribution >= 4 is 0 Å². The van der Waals surface area contributed by atoms with Crippen LogP contribution in [-0.2, 0) is 9.47 Å². The summed E-state index contributed by atoms with van der Waals surface area (Å²) in [7, 11) is 4.26. The fourth-order valence-corrected chi connectivity index (χ4v) is 5.83. The van der Waals surface area contributed by atoms with Gasteiger partial charge in [0.2, 0.25) is 0 Å². The fraction of sp³-hybridized carbons (Fsp3) is 0.902. The molecule has 0 radical (unpaired) electrons. The number of rotatable bonds is 37. The van der Waals surface area contributed by atoms with Gasteiger partial charge in [-0.3, -0.25) is 0 Å². The molecule has 0 rings (SSSR count). The lowest BCUT2D eigenvalue weighted by molar-refractivity contribution is -0.0287. The number of nitrogens with zero attached hydrogens (tertiary/aromatic N) is 1. The third-order valence-corrected chi connectivity index (χ3v) is 8.68. The van der Waals surface area contributed by atoms with Crippen LogP contribution in [0.25, 0.3) is 0 Å². The van der Waals surface area contributed by atoms with E-state index in [0.717, 1.165) is 26.4 Å². The van der Waals surface area contributed by atoms with Crippen LogP contribution in [0.4, 0.5) is 0 Å². The minimum absolute atomic E-state index is 0.197. The SMILES string of the molecule is CCCCCCCCC=CCCCCCCCCOC[C@H](CN(C)C)OCCCCCCCCC=CCCCCCCCC. The molecule has 0 saturated carbocycles. The second-order valence-corrected chi connectivity index (χ2v) is 13.7. The summed E-state index contributed by atoms with van der Waals surface area (Å²) >= 11 is 0. The zero-order chi connectivity index (χ0) is 32.0. The molecule has 1 atom stereocenters. The number of likely N-dealkylation sites (N-methyl/N-ethyl adjacent to an activating group) is 1. The maximum absolute atomic E-state index is 6.22. The molecular weight excluding hydrogens is 538 g/mol. The molecule has 3 heteroatoms. The predicted molar refractivity (Wildman–Crippen MR) is 198 cm³/mol. The third kappa shape index (κ3) is 37.5. The standard InChI is InChI=1S/C41H81NO2/c1-5-7-9-11-13-15-17-19-21-23-25-27-29-31-33-35-37-43-40-41(39-42(3)4)44-38-36-34-32-30-28-26-24-22-20-18-16-14-12-10-8-6-2/h19-22,41H,5-18,23-40H2,1-4H3/t41-/m0/s1. The Balaban J connectivity index is 3.52. The van der Waals surface area contributed by atoms with Gasteiger partial charge in [-0.25, -0.2) is 0 Å². The summed E-state index contributed by atoms with van der Waals surface area (Å²) in [5.41, 5.74) is 0. The molecule has 0 fully saturated rings. The number of unbranched alkanes of at least 4 members (excludes halogenated alkanes) is 24. The lowest BCUT2D eigenvalue weighted by atomic mass is 10.1. The van der Waals surface area contributed by atoms with Gasteiger partial charge >= 0.3 is 0 Å². The summed E-state index contributed by atoms with van der Waals surface area (Å²) in [6.45, 7) is 8.00. The summed E-state index contributed by atoms with van der Waals surface area (Å²) in [6.07, 6.45) is 47.6. The van der Waals surface area contributed by atoms with Crippen molar-refractivity contribution in [2.75, 3.05) is 40.5 Å². The topological polar surface area (TPSA) is 21.7 Å². The Hall–Kier alpha value is -0.640. The number of allylic oxidation sites excluding steroid dienone is 4. The van der Waals surface area contributed by atoms with Crippen LogP contribution in [0.15, 0.2) is 24.3 Å². The van der Waals surface area contributed by atoms with Gasteiger partial charge in [0.25, 0.3) is 0 Å². The molecule has 44 heavy (non-hydrogen) atoms. The van der Waals surface area contributed by atoms with E-state index in [-0.39, 0.29) is 6.10 Å². The summed E-state index contributed by atoms with van der Waals surface area (Å²) in [4.78, 5) is 2.22. The first kappa shape index (κ1) is 43.4. The second kappa shape index (κ2) is 38.5. The van der Waals surface area contributed by atoms with E-state index in [1.807, 2.05) is 0 Å².